The molecule has 0 amide bonds. The Hall–Kier alpha value is -0.760. The lowest BCUT2D eigenvalue weighted by Gasteiger charge is -2.41. The molecule has 0 aliphatic carbocycles. The van der Waals surface area contributed by atoms with Gasteiger partial charge in [0.15, 0.2) is 0 Å². The number of ether oxygens (including phenoxy) is 1. The van der Waals surface area contributed by atoms with E-state index in [1.165, 1.54) is 0 Å². The summed E-state index contributed by atoms with van der Waals surface area (Å²) in [6, 6.07) is 0. The van der Waals surface area contributed by atoms with Crippen LogP contribution in [-0.4, -0.2) is 58.1 Å². The summed E-state index contributed by atoms with van der Waals surface area (Å²) in [5.41, 5.74) is -1.80. The second-order valence-corrected chi connectivity index (χ2v) is 4.53. The standard InChI is InChI=1S/C14H26O5.H3N/c1-3-13(5-9-15,6-10-16)19-14(4-2,7-11-17)8-12-18;/h3-4,15-18H,1-2,5-12H2;1H3. The molecular weight excluding hydrogens is 262 g/mol. The Labute approximate surface area is 121 Å². The molecular formula is C14H29NO5. The van der Waals surface area contributed by atoms with E-state index in [-0.39, 0.29) is 58.3 Å². The number of hydrogen-bond acceptors (Lipinski definition) is 6. The van der Waals surface area contributed by atoms with Crippen LogP contribution in [0.3, 0.4) is 0 Å². The smallest absolute Gasteiger partial charge is 0.0915 e. The van der Waals surface area contributed by atoms with Gasteiger partial charge in [0.1, 0.15) is 0 Å². The molecule has 7 N–H and O–H groups in total. The van der Waals surface area contributed by atoms with Gasteiger partial charge >= 0.3 is 0 Å². The number of aliphatic hydroxyl groups is 4. The molecule has 0 saturated heterocycles. The molecule has 0 atom stereocenters. The fraction of sp³-hybridized carbons (Fsp3) is 0.714. The second kappa shape index (κ2) is 11.0. The van der Waals surface area contributed by atoms with Gasteiger partial charge in [0.05, 0.1) is 11.2 Å². The van der Waals surface area contributed by atoms with Crippen molar-refractivity contribution in [1.29, 1.82) is 0 Å². The minimum atomic E-state index is -0.901. The normalized spacial score (nSPS) is 11.8. The Kier molecular flexibility index (Phi) is 11.8. The highest BCUT2D eigenvalue weighted by molar-refractivity contribution is 5.05. The lowest BCUT2D eigenvalue weighted by Crippen LogP contribution is -2.45. The Morgan fingerprint density at radius 2 is 0.950 bits per heavy atom. The van der Waals surface area contributed by atoms with Gasteiger partial charge in [0, 0.05) is 52.1 Å². The molecule has 6 heteroatoms. The van der Waals surface area contributed by atoms with Crippen LogP contribution in [0.2, 0.25) is 0 Å². The molecule has 0 spiro atoms. The maximum Gasteiger partial charge on any atom is 0.0915 e. The first-order valence-electron chi connectivity index (χ1n) is 6.48. The fourth-order valence-corrected chi connectivity index (χ4v) is 2.11. The van der Waals surface area contributed by atoms with Crippen molar-refractivity contribution in [3.05, 3.63) is 25.3 Å². The molecule has 120 valence electrons. The van der Waals surface area contributed by atoms with E-state index < -0.39 is 11.2 Å². The molecule has 0 saturated carbocycles. The lowest BCUT2D eigenvalue weighted by molar-refractivity contribution is -0.137. The maximum atomic E-state index is 9.15. The summed E-state index contributed by atoms with van der Waals surface area (Å²) in [6.07, 6.45) is 4.22. The molecule has 20 heavy (non-hydrogen) atoms. The number of rotatable bonds is 12. The van der Waals surface area contributed by atoms with Gasteiger partial charge in [-0.05, 0) is 0 Å². The summed E-state index contributed by atoms with van der Waals surface area (Å²) in [6.45, 7) is 6.95. The summed E-state index contributed by atoms with van der Waals surface area (Å²) in [5.74, 6) is 0. The van der Waals surface area contributed by atoms with Crippen molar-refractivity contribution < 1.29 is 25.2 Å². The molecule has 0 aliphatic rings. The Balaban J connectivity index is 0. The molecule has 0 aromatic rings. The van der Waals surface area contributed by atoms with E-state index in [1.807, 2.05) is 0 Å². The molecule has 0 rings (SSSR count). The van der Waals surface area contributed by atoms with E-state index >= 15 is 0 Å². The van der Waals surface area contributed by atoms with Gasteiger partial charge in [-0.25, -0.2) is 0 Å². The van der Waals surface area contributed by atoms with Crippen LogP contribution in [-0.2, 0) is 4.74 Å². The highest BCUT2D eigenvalue weighted by atomic mass is 16.5. The van der Waals surface area contributed by atoms with Crippen molar-refractivity contribution in [2.24, 2.45) is 0 Å². The number of hydrogen-bond donors (Lipinski definition) is 5. The van der Waals surface area contributed by atoms with E-state index in [0.29, 0.717) is 0 Å². The second-order valence-electron chi connectivity index (χ2n) is 4.53. The van der Waals surface area contributed by atoms with Crippen LogP contribution in [0.15, 0.2) is 25.3 Å². The Bertz CT molecular complexity index is 232. The first-order chi connectivity index (χ1) is 9.07. The van der Waals surface area contributed by atoms with Crippen molar-refractivity contribution in [3.8, 4) is 0 Å². The molecule has 0 aliphatic heterocycles. The first kappa shape index (κ1) is 21.5. The fourth-order valence-electron chi connectivity index (χ4n) is 2.11. The van der Waals surface area contributed by atoms with Crippen LogP contribution < -0.4 is 6.15 Å². The minimum Gasteiger partial charge on any atom is -0.396 e. The van der Waals surface area contributed by atoms with Crippen LogP contribution >= 0.6 is 0 Å². The molecule has 6 nitrogen and oxygen atoms in total. The van der Waals surface area contributed by atoms with Gasteiger partial charge in [-0.2, -0.15) is 0 Å². The minimum absolute atomic E-state index is 0. The third-order valence-corrected chi connectivity index (χ3v) is 3.29. The Morgan fingerprint density at radius 3 is 1.10 bits per heavy atom. The lowest BCUT2D eigenvalue weighted by atomic mass is 9.90. The van der Waals surface area contributed by atoms with Gasteiger partial charge < -0.3 is 31.3 Å². The third-order valence-electron chi connectivity index (χ3n) is 3.29. The predicted octanol–water partition coefficient (Wildman–Crippen LogP) is 0.544. The van der Waals surface area contributed by atoms with Crippen LogP contribution in [0.25, 0.3) is 0 Å². The number of aliphatic hydroxyl groups excluding tert-OH is 4. The van der Waals surface area contributed by atoms with Crippen molar-refractivity contribution in [3.63, 3.8) is 0 Å². The molecule has 0 unspecified atom stereocenters. The van der Waals surface area contributed by atoms with Gasteiger partial charge in [0.2, 0.25) is 0 Å². The summed E-state index contributed by atoms with van der Waals surface area (Å²) in [5, 5.41) is 36.6. The summed E-state index contributed by atoms with van der Waals surface area (Å²) in [4.78, 5) is 0. The zero-order chi connectivity index (χ0) is 14.8. The zero-order valence-electron chi connectivity index (χ0n) is 12.1. The van der Waals surface area contributed by atoms with E-state index in [2.05, 4.69) is 13.2 Å². The maximum absolute atomic E-state index is 9.15. The zero-order valence-corrected chi connectivity index (χ0v) is 12.1. The Morgan fingerprint density at radius 1 is 0.700 bits per heavy atom. The van der Waals surface area contributed by atoms with Crippen LogP contribution in [0.1, 0.15) is 25.7 Å². The highest BCUT2D eigenvalue weighted by Gasteiger charge is 2.37. The molecule has 0 aromatic carbocycles. The summed E-state index contributed by atoms with van der Waals surface area (Å²) < 4.78 is 6.01. The van der Waals surface area contributed by atoms with Gasteiger partial charge in [0.25, 0.3) is 0 Å². The van der Waals surface area contributed by atoms with E-state index in [1.54, 1.807) is 12.2 Å². The molecule has 0 fully saturated rings. The average Bonchev–Trinajstić information content (AvgIpc) is 2.39. The SMILES string of the molecule is C=CC(CCO)(CCO)OC(C=C)(CCO)CCO.N. The summed E-state index contributed by atoms with van der Waals surface area (Å²) >= 11 is 0. The third kappa shape index (κ3) is 6.13. The highest BCUT2D eigenvalue weighted by Crippen LogP contribution is 2.33. The molecule has 0 aromatic heterocycles. The molecule has 0 radical (unpaired) electrons. The van der Waals surface area contributed by atoms with Crippen LogP contribution in [0.4, 0.5) is 0 Å². The molecule has 0 bridgehead atoms. The summed E-state index contributed by atoms with van der Waals surface area (Å²) in [7, 11) is 0. The van der Waals surface area contributed by atoms with Crippen molar-refractivity contribution in [2.75, 3.05) is 26.4 Å². The van der Waals surface area contributed by atoms with Crippen LogP contribution in [0, 0.1) is 0 Å². The van der Waals surface area contributed by atoms with Crippen LogP contribution in [0.5, 0.6) is 0 Å². The van der Waals surface area contributed by atoms with E-state index in [4.69, 9.17) is 25.2 Å². The van der Waals surface area contributed by atoms with Crippen molar-refractivity contribution in [2.45, 2.75) is 36.9 Å². The van der Waals surface area contributed by atoms with Crippen molar-refractivity contribution in [1.82, 2.24) is 6.15 Å². The first-order valence-corrected chi connectivity index (χ1v) is 6.48. The predicted molar refractivity (Wildman–Crippen MR) is 78.8 cm³/mol. The van der Waals surface area contributed by atoms with Crippen molar-refractivity contribution >= 4 is 0 Å². The van der Waals surface area contributed by atoms with Gasteiger partial charge in [-0.1, -0.05) is 12.2 Å². The van der Waals surface area contributed by atoms with Gasteiger partial charge in [-0.15, -0.1) is 13.2 Å². The van der Waals surface area contributed by atoms with E-state index in [0.717, 1.165) is 0 Å². The van der Waals surface area contributed by atoms with Gasteiger partial charge in [-0.3, -0.25) is 0 Å². The van der Waals surface area contributed by atoms with E-state index in [9.17, 15) is 0 Å². The monoisotopic (exact) mass is 291 g/mol. The molecule has 0 heterocycles. The largest absolute Gasteiger partial charge is 0.396 e. The average molecular weight is 291 g/mol. The quantitative estimate of drug-likeness (QED) is 0.334. The topological polar surface area (TPSA) is 125 Å².